The summed E-state index contributed by atoms with van der Waals surface area (Å²) in [4.78, 5) is 2.46. The molecule has 0 radical (unpaired) electrons. The van der Waals surface area contributed by atoms with E-state index in [0.29, 0.717) is 6.04 Å². The van der Waals surface area contributed by atoms with Crippen LogP contribution >= 0.6 is 11.3 Å². The summed E-state index contributed by atoms with van der Waals surface area (Å²) in [5.74, 6) is 0.887. The number of nitrogens with one attached hydrogen (secondary N) is 1. The molecule has 1 aliphatic carbocycles. The van der Waals surface area contributed by atoms with Crippen molar-refractivity contribution in [3.8, 4) is 0 Å². The molecule has 102 valence electrons. The highest BCUT2D eigenvalue weighted by molar-refractivity contribution is 7.07. The molecule has 0 bridgehead atoms. The summed E-state index contributed by atoms with van der Waals surface area (Å²) in [6, 6.07) is 2.72. The highest BCUT2D eigenvalue weighted by Gasteiger charge is 2.43. The number of likely N-dealkylation sites (N-methyl/N-ethyl adjacent to an activating group) is 2. The van der Waals surface area contributed by atoms with Crippen molar-refractivity contribution in [3.63, 3.8) is 0 Å². The Bertz CT molecular complexity index is 351. The van der Waals surface area contributed by atoms with Crippen LogP contribution in [0.15, 0.2) is 16.8 Å². The molecule has 2 nitrogen and oxygen atoms in total. The maximum Gasteiger partial charge on any atom is 0.0512 e. The third-order valence-electron chi connectivity index (χ3n) is 4.73. The maximum atomic E-state index is 3.58. The predicted octanol–water partition coefficient (Wildman–Crippen LogP) is 3.52. The third kappa shape index (κ3) is 2.49. The molecular weight excluding hydrogens is 240 g/mol. The molecular formula is C15H26N2S. The number of hydrogen-bond acceptors (Lipinski definition) is 3. The van der Waals surface area contributed by atoms with Gasteiger partial charge in [0.2, 0.25) is 0 Å². The van der Waals surface area contributed by atoms with Gasteiger partial charge in [-0.15, -0.1) is 0 Å². The minimum atomic E-state index is 0.280. The average Bonchev–Trinajstić information content (AvgIpc) is 2.86. The summed E-state index contributed by atoms with van der Waals surface area (Å²) in [7, 11) is 6.59. The van der Waals surface area contributed by atoms with Gasteiger partial charge in [-0.2, -0.15) is 11.3 Å². The largest absolute Gasteiger partial charge is 0.311 e. The van der Waals surface area contributed by atoms with E-state index in [0.717, 1.165) is 5.92 Å². The lowest BCUT2D eigenvalue weighted by atomic mass is 9.70. The van der Waals surface area contributed by atoms with Crippen LogP contribution < -0.4 is 5.32 Å². The first-order chi connectivity index (χ1) is 8.60. The summed E-state index contributed by atoms with van der Waals surface area (Å²) in [5, 5.41) is 8.06. The normalized spacial score (nSPS) is 30.6. The van der Waals surface area contributed by atoms with Crippen molar-refractivity contribution >= 4 is 11.3 Å². The summed E-state index contributed by atoms with van der Waals surface area (Å²) < 4.78 is 0. The van der Waals surface area contributed by atoms with E-state index in [-0.39, 0.29) is 5.54 Å². The molecule has 1 unspecified atom stereocenters. The van der Waals surface area contributed by atoms with Crippen LogP contribution in [0.3, 0.4) is 0 Å². The quantitative estimate of drug-likeness (QED) is 0.897. The molecule has 1 N–H and O–H groups in total. The number of hydrogen-bond donors (Lipinski definition) is 1. The van der Waals surface area contributed by atoms with E-state index in [2.05, 4.69) is 55.1 Å². The molecule has 18 heavy (non-hydrogen) atoms. The number of thiophene rings is 1. The van der Waals surface area contributed by atoms with E-state index >= 15 is 0 Å². The molecule has 1 aliphatic rings. The number of nitrogens with zero attached hydrogens (tertiary/aromatic N) is 1. The fourth-order valence-electron chi connectivity index (χ4n) is 3.44. The van der Waals surface area contributed by atoms with Crippen LogP contribution in [-0.4, -0.2) is 31.6 Å². The average molecular weight is 266 g/mol. The number of rotatable bonds is 4. The van der Waals surface area contributed by atoms with Gasteiger partial charge in [0, 0.05) is 5.54 Å². The van der Waals surface area contributed by atoms with Gasteiger partial charge in [0.1, 0.15) is 0 Å². The molecule has 1 fully saturated rings. The molecule has 0 aromatic carbocycles. The lowest BCUT2D eigenvalue weighted by molar-refractivity contribution is 0.0457. The highest BCUT2D eigenvalue weighted by atomic mass is 32.1. The predicted molar refractivity (Wildman–Crippen MR) is 80.2 cm³/mol. The van der Waals surface area contributed by atoms with Gasteiger partial charge >= 0.3 is 0 Å². The summed E-state index contributed by atoms with van der Waals surface area (Å²) in [6.07, 6.45) is 5.28. The molecule has 1 saturated carbocycles. The second-order valence-corrected chi connectivity index (χ2v) is 6.74. The molecule has 2 rings (SSSR count). The maximum absolute atomic E-state index is 3.58. The lowest BCUT2D eigenvalue weighted by Gasteiger charge is -2.49. The smallest absolute Gasteiger partial charge is 0.0512 e. The first-order valence-electron chi connectivity index (χ1n) is 6.97. The first-order valence-corrected chi connectivity index (χ1v) is 7.91. The van der Waals surface area contributed by atoms with Gasteiger partial charge in [-0.25, -0.2) is 0 Å². The minimum absolute atomic E-state index is 0.280. The van der Waals surface area contributed by atoms with Gasteiger partial charge in [-0.05, 0) is 75.1 Å². The molecule has 1 aromatic heterocycles. The Morgan fingerprint density at radius 2 is 2.06 bits per heavy atom. The lowest BCUT2D eigenvalue weighted by Crippen LogP contribution is -2.54. The van der Waals surface area contributed by atoms with Gasteiger partial charge in [-0.3, -0.25) is 0 Å². The molecule has 0 aliphatic heterocycles. The van der Waals surface area contributed by atoms with E-state index in [4.69, 9.17) is 0 Å². The van der Waals surface area contributed by atoms with Crippen LogP contribution in [0.25, 0.3) is 0 Å². The fraction of sp³-hybridized carbons (Fsp3) is 0.733. The van der Waals surface area contributed by atoms with Gasteiger partial charge in [0.15, 0.2) is 0 Å². The Morgan fingerprint density at radius 1 is 1.39 bits per heavy atom. The van der Waals surface area contributed by atoms with E-state index in [9.17, 15) is 0 Å². The monoisotopic (exact) mass is 266 g/mol. The van der Waals surface area contributed by atoms with Crippen LogP contribution in [0.1, 0.15) is 44.2 Å². The van der Waals surface area contributed by atoms with E-state index < -0.39 is 0 Å². The zero-order valence-electron chi connectivity index (χ0n) is 12.1. The van der Waals surface area contributed by atoms with Gasteiger partial charge < -0.3 is 10.2 Å². The van der Waals surface area contributed by atoms with E-state index in [1.165, 1.54) is 31.2 Å². The van der Waals surface area contributed by atoms with Crippen LogP contribution in [0.2, 0.25) is 0 Å². The first kappa shape index (κ1) is 14.0. The zero-order valence-corrected chi connectivity index (χ0v) is 12.9. The Kier molecular flexibility index (Phi) is 4.46. The summed E-state index contributed by atoms with van der Waals surface area (Å²) in [5.41, 5.74) is 1.73. The Morgan fingerprint density at radius 3 is 2.50 bits per heavy atom. The molecule has 0 spiro atoms. The highest BCUT2D eigenvalue weighted by Crippen LogP contribution is 2.43. The van der Waals surface area contributed by atoms with Crippen molar-refractivity contribution in [3.05, 3.63) is 22.4 Å². The molecule has 3 heteroatoms. The van der Waals surface area contributed by atoms with Crippen LogP contribution in [0.5, 0.6) is 0 Å². The van der Waals surface area contributed by atoms with Crippen molar-refractivity contribution in [2.45, 2.75) is 44.2 Å². The third-order valence-corrected chi connectivity index (χ3v) is 5.43. The van der Waals surface area contributed by atoms with Gasteiger partial charge in [0.25, 0.3) is 0 Å². The SMILES string of the molecule is CNC(c1ccsc1)C1(N(C)C)CCC(C)CC1. The van der Waals surface area contributed by atoms with Crippen LogP contribution in [-0.2, 0) is 0 Å². The standard InChI is InChI=1S/C15H26N2S/c1-12-5-8-15(9-6-12,17(3)4)14(16-2)13-7-10-18-11-13/h7,10-12,14,16H,5-6,8-9H2,1-4H3. The van der Waals surface area contributed by atoms with Crippen molar-refractivity contribution in [2.24, 2.45) is 5.92 Å². The fourth-order valence-corrected chi connectivity index (χ4v) is 4.13. The second-order valence-electron chi connectivity index (χ2n) is 5.96. The van der Waals surface area contributed by atoms with Crippen LogP contribution in [0.4, 0.5) is 0 Å². The molecule has 0 saturated heterocycles. The van der Waals surface area contributed by atoms with E-state index in [1.807, 2.05) is 0 Å². The molecule has 1 heterocycles. The molecule has 0 amide bonds. The Labute approximate surface area is 115 Å². The topological polar surface area (TPSA) is 15.3 Å². The van der Waals surface area contributed by atoms with Crippen LogP contribution in [0, 0.1) is 5.92 Å². The second kappa shape index (κ2) is 5.72. The minimum Gasteiger partial charge on any atom is -0.311 e. The Balaban J connectivity index is 2.28. The van der Waals surface area contributed by atoms with Crippen molar-refractivity contribution in [1.82, 2.24) is 10.2 Å². The zero-order chi connectivity index (χ0) is 13.2. The van der Waals surface area contributed by atoms with Gasteiger partial charge in [-0.1, -0.05) is 6.92 Å². The van der Waals surface area contributed by atoms with Crippen molar-refractivity contribution < 1.29 is 0 Å². The van der Waals surface area contributed by atoms with E-state index in [1.54, 1.807) is 11.3 Å². The van der Waals surface area contributed by atoms with Crippen molar-refractivity contribution in [1.29, 1.82) is 0 Å². The summed E-state index contributed by atoms with van der Waals surface area (Å²) in [6.45, 7) is 2.39. The molecule has 1 aromatic rings. The molecule has 1 atom stereocenters. The summed E-state index contributed by atoms with van der Waals surface area (Å²) >= 11 is 1.80. The van der Waals surface area contributed by atoms with Crippen molar-refractivity contribution in [2.75, 3.05) is 21.1 Å². The van der Waals surface area contributed by atoms with Gasteiger partial charge in [0.05, 0.1) is 6.04 Å². The Hall–Kier alpha value is -0.380.